The van der Waals surface area contributed by atoms with Crippen molar-refractivity contribution in [1.82, 2.24) is 0 Å². The predicted molar refractivity (Wildman–Crippen MR) is 138 cm³/mol. The number of anilines is 1. The van der Waals surface area contributed by atoms with Gasteiger partial charge in [0.15, 0.2) is 6.10 Å². The molecular weight excluding hydrogens is 445 g/mol. The zero-order chi connectivity index (χ0) is 22.7. The standard InChI is InChI=1S/C26H42ClNO3.ClH/c1-3-4-5-6-7-8-9-10-11-12-13-14-15-16-21-28-24-19-17-23(18-20-24)26(30)31-22(2)25(27)29;/h17-20,22,28H,3-16,21H2,1-2H3;1H. The van der Waals surface area contributed by atoms with Crippen molar-refractivity contribution >= 4 is 40.9 Å². The van der Waals surface area contributed by atoms with Crippen LogP contribution in [0.4, 0.5) is 5.69 Å². The van der Waals surface area contributed by atoms with Gasteiger partial charge in [0.1, 0.15) is 0 Å². The van der Waals surface area contributed by atoms with Crippen molar-refractivity contribution in [2.45, 2.75) is 110 Å². The summed E-state index contributed by atoms with van der Waals surface area (Å²) >= 11 is 5.31. The number of nitrogens with one attached hydrogen (secondary N) is 1. The fourth-order valence-electron chi connectivity index (χ4n) is 3.55. The SMILES string of the molecule is CCCCCCCCCCCCCCCCNc1ccc(C(=O)OC(C)C(=O)Cl)cc1.Cl. The average Bonchev–Trinajstić information content (AvgIpc) is 2.76. The number of benzene rings is 1. The van der Waals surface area contributed by atoms with E-state index < -0.39 is 17.3 Å². The lowest BCUT2D eigenvalue weighted by molar-refractivity contribution is -0.118. The Kier molecular flexibility index (Phi) is 19.6. The Morgan fingerprint density at radius 1 is 0.812 bits per heavy atom. The summed E-state index contributed by atoms with van der Waals surface area (Å²) < 4.78 is 4.99. The molecule has 0 spiro atoms. The molecule has 1 unspecified atom stereocenters. The number of halogens is 2. The Hall–Kier alpha value is -1.26. The fraction of sp³-hybridized carbons (Fsp3) is 0.692. The van der Waals surface area contributed by atoms with Gasteiger partial charge >= 0.3 is 5.97 Å². The summed E-state index contributed by atoms with van der Waals surface area (Å²) in [5.41, 5.74) is 1.39. The molecule has 0 saturated carbocycles. The zero-order valence-corrected chi connectivity index (χ0v) is 21.6. The highest BCUT2D eigenvalue weighted by atomic mass is 35.5. The molecule has 0 saturated heterocycles. The Morgan fingerprint density at radius 2 is 1.25 bits per heavy atom. The monoisotopic (exact) mass is 487 g/mol. The maximum atomic E-state index is 11.9. The lowest BCUT2D eigenvalue weighted by Gasteiger charge is -2.10. The van der Waals surface area contributed by atoms with Crippen molar-refractivity contribution in [3.05, 3.63) is 29.8 Å². The highest BCUT2D eigenvalue weighted by Gasteiger charge is 2.16. The number of rotatable bonds is 19. The Morgan fingerprint density at radius 3 is 1.69 bits per heavy atom. The van der Waals surface area contributed by atoms with Crippen molar-refractivity contribution in [2.75, 3.05) is 11.9 Å². The minimum absolute atomic E-state index is 0. The van der Waals surface area contributed by atoms with Crippen molar-refractivity contribution in [3.63, 3.8) is 0 Å². The summed E-state index contributed by atoms with van der Waals surface area (Å²) in [7, 11) is 0. The molecule has 1 aromatic rings. The second-order valence-corrected chi connectivity index (χ2v) is 8.82. The highest BCUT2D eigenvalue weighted by Crippen LogP contribution is 2.14. The first-order chi connectivity index (χ1) is 15.0. The van der Waals surface area contributed by atoms with Crippen LogP contribution in [0.2, 0.25) is 0 Å². The summed E-state index contributed by atoms with van der Waals surface area (Å²) in [6.45, 7) is 4.66. The summed E-state index contributed by atoms with van der Waals surface area (Å²) in [6.07, 6.45) is 18.1. The highest BCUT2D eigenvalue weighted by molar-refractivity contribution is 6.64. The third-order valence-electron chi connectivity index (χ3n) is 5.58. The van der Waals surface area contributed by atoms with Crippen LogP contribution in [0.3, 0.4) is 0 Å². The van der Waals surface area contributed by atoms with Crippen LogP contribution in [0.25, 0.3) is 0 Å². The molecule has 4 nitrogen and oxygen atoms in total. The molecule has 0 bridgehead atoms. The molecule has 1 N–H and O–H groups in total. The lowest BCUT2D eigenvalue weighted by atomic mass is 10.0. The summed E-state index contributed by atoms with van der Waals surface area (Å²) in [5.74, 6) is -0.542. The second-order valence-electron chi connectivity index (χ2n) is 8.45. The summed E-state index contributed by atoms with van der Waals surface area (Å²) in [5, 5.41) is 2.71. The van der Waals surface area contributed by atoms with E-state index in [-0.39, 0.29) is 12.4 Å². The van der Waals surface area contributed by atoms with Gasteiger partial charge in [-0.05, 0) is 49.2 Å². The van der Waals surface area contributed by atoms with E-state index in [9.17, 15) is 9.59 Å². The zero-order valence-electron chi connectivity index (χ0n) is 20.0. The van der Waals surface area contributed by atoms with Gasteiger partial charge in [-0.3, -0.25) is 4.79 Å². The molecule has 1 aromatic carbocycles. The number of esters is 1. The van der Waals surface area contributed by atoms with E-state index in [4.69, 9.17) is 16.3 Å². The predicted octanol–water partition coefficient (Wildman–Crippen LogP) is 8.31. The third-order valence-corrected chi connectivity index (χ3v) is 5.89. The van der Waals surface area contributed by atoms with E-state index in [0.717, 1.165) is 18.7 Å². The molecule has 0 aliphatic heterocycles. The second kappa shape index (κ2) is 20.4. The number of ether oxygens (including phenoxy) is 1. The van der Waals surface area contributed by atoms with Crippen LogP contribution < -0.4 is 5.32 Å². The largest absolute Gasteiger partial charge is 0.450 e. The Labute approximate surface area is 206 Å². The van der Waals surface area contributed by atoms with Crippen molar-refractivity contribution in [2.24, 2.45) is 0 Å². The Balaban J connectivity index is 0.00000961. The molecular formula is C26H43Cl2NO3. The van der Waals surface area contributed by atoms with Crippen molar-refractivity contribution < 1.29 is 14.3 Å². The minimum atomic E-state index is -0.938. The normalized spacial score (nSPS) is 11.5. The van der Waals surface area contributed by atoms with E-state index in [1.165, 1.54) is 90.4 Å². The number of carbonyl (C=O) groups is 2. The van der Waals surface area contributed by atoms with Crippen LogP contribution in [0, 0.1) is 0 Å². The first-order valence-electron chi connectivity index (χ1n) is 12.3. The van der Waals surface area contributed by atoms with Gasteiger partial charge in [0.05, 0.1) is 5.56 Å². The molecule has 0 aliphatic carbocycles. The van der Waals surface area contributed by atoms with Gasteiger partial charge < -0.3 is 10.1 Å². The molecule has 184 valence electrons. The van der Waals surface area contributed by atoms with Crippen LogP contribution >= 0.6 is 24.0 Å². The smallest absolute Gasteiger partial charge is 0.338 e. The molecule has 0 fully saturated rings. The van der Waals surface area contributed by atoms with E-state index >= 15 is 0 Å². The molecule has 1 rings (SSSR count). The van der Waals surface area contributed by atoms with Crippen LogP contribution in [-0.4, -0.2) is 23.9 Å². The Bertz CT molecular complexity index is 608. The topological polar surface area (TPSA) is 55.4 Å². The molecule has 0 aromatic heterocycles. The van der Waals surface area contributed by atoms with Crippen molar-refractivity contribution in [1.29, 1.82) is 0 Å². The van der Waals surface area contributed by atoms with Gasteiger partial charge in [-0.25, -0.2) is 4.79 Å². The van der Waals surface area contributed by atoms with Crippen LogP contribution in [-0.2, 0) is 9.53 Å². The van der Waals surface area contributed by atoms with Gasteiger partial charge in [0.2, 0.25) is 0 Å². The number of unbranched alkanes of at least 4 members (excludes halogenated alkanes) is 13. The van der Waals surface area contributed by atoms with Gasteiger partial charge in [-0.15, -0.1) is 12.4 Å². The van der Waals surface area contributed by atoms with Crippen LogP contribution in [0.15, 0.2) is 24.3 Å². The maximum absolute atomic E-state index is 11.9. The van der Waals surface area contributed by atoms with Gasteiger partial charge in [-0.1, -0.05) is 90.4 Å². The third kappa shape index (κ3) is 15.5. The fourth-order valence-corrected chi connectivity index (χ4v) is 3.60. The van der Waals surface area contributed by atoms with E-state index in [1.807, 2.05) is 12.1 Å². The number of hydrogen-bond donors (Lipinski definition) is 1. The van der Waals surface area contributed by atoms with Gasteiger partial charge in [0, 0.05) is 12.2 Å². The van der Waals surface area contributed by atoms with E-state index in [2.05, 4.69) is 12.2 Å². The minimum Gasteiger partial charge on any atom is -0.450 e. The molecule has 0 amide bonds. The summed E-state index contributed by atoms with van der Waals surface area (Å²) in [4.78, 5) is 22.9. The molecule has 1 atom stereocenters. The molecule has 0 heterocycles. The molecule has 6 heteroatoms. The number of carbonyl (C=O) groups excluding carboxylic acids is 2. The van der Waals surface area contributed by atoms with Gasteiger partial charge in [0.25, 0.3) is 5.24 Å². The van der Waals surface area contributed by atoms with Crippen LogP contribution in [0.5, 0.6) is 0 Å². The van der Waals surface area contributed by atoms with E-state index in [0.29, 0.717) is 5.56 Å². The van der Waals surface area contributed by atoms with Gasteiger partial charge in [-0.2, -0.15) is 0 Å². The molecule has 32 heavy (non-hydrogen) atoms. The molecule has 0 radical (unpaired) electrons. The van der Waals surface area contributed by atoms with Crippen molar-refractivity contribution in [3.8, 4) is 0 Å². The first kappa shape index (κ1) is 30.7. The van der Waals surface area contributed by atoms with Crippen LogP contribution in [0.1, 0.15) is 114 Å². The first-order valence-corrected chi connectivity index (χ1v) is 12.7. The quantitative estimate of drug-likeness (QED) is 0.121. The summed E-state index contributed by atoms with van der Waals surface area (Å²) in [6, 6.07) is 7.10. The van der Waals surface area contributed by atoms with E-state index in [1.54, 1.807) is 12.1 Å². The lowest BCUT2D eigenvalue weighted by Crippen LogP contribution is -2.20. The average molecular weight is 489 g/mol. The molecule has 0 aliphatic rings. The maximum Gasteiger partial charge on any atom is 0.338 e. The number of hydrogen-bond acceptors (Lipinski definition) is 4.